The number of hydrogen-bond donors (Lipinski definition) is 2. The van der Waals surface area contributed by atoms with E-state index >= 15 is 0 Å². The van der Waals surface area contributed by atoms with E-state index in [0.29, 0.717) is 11.6 Å². The lowest BCUT2D eigenvalue weighted by Crippen LogP contribution is -2.51. The van der Waals surface area contributed by atoms with Gasteiger partial charge in [-0.1, -0.05) is 43.5 Å². The van der Waals surface area contributed by atoms with E-state index in [0.717, 1.165) is 37.7 Å². The third-order valence-corrected chi connectivity index (χ3v) is 4.83. The van der Waals surface area contributed by atoms with Crippen LogP contribution in [-0.2, 0) is 15.0 Å². The topological polar surface area (TPSA) is 58.2 Å². The van der Waals surface area contributed by atoms with Gasteiger partial charge in [0.2, 0.25) is 11.8 Å². The average molecular weight is 337 g/mol. The Morgan fingerprint density at radius 3 is 2.39 bits per heavy atom. The van der Waals surface area contributed by atoms with Crippen molar-refractivity contribution in [2.24, 2.45) is 0 Å². The van der Waals surface area contributed by atoms with Gasteiger partial charge in [0, 0.05) is 11.6 Å². The van der Waals surface area contributed by atoms with Gasteiger partial charge in [-0.3, -0.25) is 9.59 Å². The van der Waals surface area contributed by atoms with E-state index in [1.54, 1.807) is 6.92 Å². The van der Waals surface area contributed by atoms with Crippen molar-refractivity contribution in [2.75, 3.05) is 6.54 Å². The van der Waals surface area contributed by atoms with Gasteiger partial charge < -0.3 is 10.6 Å². The van der Waals surface area contributed by atoms with Crippen LogP contribution in [0.3, 0.4) is 0 Å². The van der Waals surface area contributed by atoms with Gasteiger partial charge in [-0.05, 0) is 43.9 Å². The summed E-state index contributed by atoms with van der Waals surface area (Å²) in [5.74, 6) is -0.194. The highest BCUT2D eigenvalue weighted by atomic mass is 35.5. The summed E-state index contributed by atoms with van der Waals surface area (Å²) in [7, 11) is 0. The van der Waals surface area contributed by atoms with Gasteiger partial charge in [-0.2, -0.15) is 0 Å². The molecule has 0 aromatic heterocycles. The minimum atomic E-state index is -0.538. The highest BCUT2D eigenvalue weighted by Gasteiger charge is 2.43. The summed E-state index contributed by atoms with van der Waals surface area (Å²) in [4.78, 5) is 24.9. The largest absolute Gasteiger partial charge is 0.354 e. The van der Waals surface area contributed by atoms with Gasteiger partial charge in [0.15, 0.2) is 0 Å². The fourth-order valence-electron chi connectivity index (χ4n) is 3.20. The summed E-state index contributed by atoms with van der Waals surface area (Å²) in [6.07, 6.45) is 4.54. The van der Waals surface area contributed by atoms with Crippen LogP contribution >= 0.6 is 11.6 Å². The molecule has 0 aliphatic heterocycles. The second kappa shape index (κ2) is 7.82. The summed E-state index contributed by atoms with van der Waals surface area (Å²) in [6, 6.07) is 6.96. The lowest BCUT2D eigenvalue weighted by Gasteiger charge is -2.30. The SMILES string of the molecule is CCCNC(=O)C(C)NC(=O)C1(c2ccc(Cl)cc2)CCCC1. The van der Waals surface area contributed by atoms with Crippen LogP contribution < -0.4 is 10.6 Å². The van der Waals surface area contributed by atoms with E-state index in [4.69, 9.17) is 11.6 Å². The molecular formula is C18H25ClN2O2. The van der Waals surface area contributed by atoms with Crippen molar-refractivity contribution in [3.63, 3.8) is 0 Å². The van der Waals surface area contributed by atoms with Crippen LogP contribution in [0.25, 0.3) is 0 Å². The van der Waals surface area contributed by atoms with E-state index in [1.165, 1.54) is 0 Å². The van der Waals surface area contributed by atoms with Gasteiger partial charge in [-0.25, -0.2) is 0 Å². The van der Waals surface area contributed by atoms with Crippen LogP contribution in [0.2, 0.25) is 5.02 Å². The highest BCUT2D eigenvalue weighted by molar-refractivity contribution is 6.30. The maximum atomic E-state index is 12.9. The Morgan fingerprint density at radius 1 is 1.22 bits per heavy atom. The maximum absolute atomic E-state index is 12.9. The molecule has 0 bridgehead atoms. The Hall–Kier alpha value is -1.55. The van der Waals surface area contributed by atoms with Crippen molar-refractivity contribution < 1.29 is 9.59 Å². The summed E-state index contributed by atoms with van der Waals surface area (Å²) in [5, 5.41) is 6.38. The van der Waals surface area contributed by atoms with Gasteiger partial charge in [0.25, 0.3) is 0 Å². The summed E-state index contributed by atoms with van der Waals surface area (Å²) in [6.45, 7) is 4.35. The lowest BCUT2D eigenvalue weighted by molar-refractivity contribution is -0.131. The van der Waals surface area contributed by atoms with Crippen molar-refractivity contribution in [1.82, 2.24) is 10.6 Å². The van der Waals surface area contributed by atoms with E-state index in [9.17, 15) is 9.59 Å². The minimum absolute atomic E-state index is 0.0588. The Balaban J connectivity index is 2.13. The second-order valence-electron chi connectivity index (χ2n) is 6.28. The van der Waals surface area contributed by atoms with Crippen LogP contribution in [0.5, 0.6) is 0 Å². The minimum Gasteiger partial charge on any atom is -0.354 e. The molecule has 1 unspecified atom stereocenters. The molecule has 1 atom stereocenters. The molecule has 2 rings (SSSR count). The van der Waals surface area contributed by atoms with Gasteiger partial charge in [0.1, 0.15) is 6.04 Å². The number of amides is 2. The van der Waals surface area contributed by atoms with Crippen LogP contribution in [0, 0.1) is 0 Å². The molecule has 1 saturated carbocycles. The molecule has 23 heavy (non-hydrogen) atoms. The molecule has 0 radical (unpaired) electrons. The monoisotopic (exact) mass is 336 g/mol. The number of hydrogen-bond acceptors (Lipinski definition) is 2. The van der Waals surface area contributed by atoms with E-state index < -0.39 is 11.5 Å². The maximum Gasteiger partial charge on any atom is 0.242 e. The normalized spacial score (nSPS) is 17.5. The molecule has 2 N–H and O–H groups in total. The van der Waals surface area contributed by atoms with Gasteiger partial charge >= 0.3 is 0 Å². The summed E-state index contributed by atoms with van der Waals surface area (Å²) < 4.78 is 0. The number of benzene rings is 1. The zero-order chi connectivity index (χ0) is 16.9. The third kappa shape index (κ3) is 4.05. The Kier molecular flexibility index (Phi) is 6.05. The highest BCUT2D eigenvalue weighted by Crippen LogP contribution is 2.41. The molecule has 1 aliphatic rings. The quantitative estimate of drug-likeness (QED) is 0.838. The van der Waals surface area contributed by atoms with E-state index in [2.05, 4.69) is 10.6 Å². The number of nitrogens with one attached hydrogen (secondary N) is 2. The predicted molar refractivity (Wildman–Crippen MR) is 92.5 cm³/mol. The van der Waals surface area contributed by atoms with Gasteiger partial charge in [0.05, 0.1) is 5.41 Å². The summed E-state index contributed by atoms with van der Waals surface area (Å²) >= 11 is 5.96. The van der Waals surface area contributed by atoms with Crippen molar-refractivity contribution in [3.8, 4) is 0 Å². The number of carbonyl (C=O) groups excluding carboxylic acids is 2. The first-order valence-corrected chi connectivity index (χ1v) is 8.72. The first-order valence-electron chi connectivity index (χ1n) is 8.34. The molecule has 1 fully saturated rings. The lowest BCUT2D eigenvalue weighted by atomic mass is 9.78. The average Bonchev–Trinajstić information content (AvgIpc) is 3.04. The zero-order valence-electron chi connectivity index (χ0n) is 13.8. The van der Waals surface area contributed by atoms with Crippen LogP contribution in [-0.4, -0.2) is 24.4 Å². The molecule has 5 heteroatoms. The van der Waals surface area contributed by atoms with E-state index in [-0.39, 0.29) is 11.8 Å². The molecule has 126 valence electrons. The number of carbonyl (C=O) groups is 2. The fourth-order valence-corrected chi connectivity index (χ4v) is 3.32. The smallest absolute Gasteiger partial charge is 0.242 e. The zero-order valence-corrected chi connectivity index (χ0v) is 14.6. The molecule has 2 amide bonds. The first-order chi connectivity index (χ1) is 11.0. The Labute approximate surface area is 143 Å². The molecule has 4 nitrogen and oxygen atoms in total. The molecule has 1 aromatic rings. The molecule has 1 aliphatic carbocycles. The Morgan fingerprint density at radius 2 is 1.83 bits per heavy atom. The fraction of sp³-hybridized carbons (Fsp3) is 0.556. The third-order valence-electron chi connectivity index (χ3n) is 4.58. The number of rotatable bonds is 6. The second-order valence-corrected chi connectivity index (χ2v) is 6.72. The van der Waals surface area contributed by atoms with Crippen molar-refractivity contribution in [1.29, 1.82) is 0 Å². The van der Waals surface area contributed by atoms with Gasteiger partial charge in [-0.15, -0.1) is 0 Å². The van der Waals surface area contributed by atoms with Crippen LogP contribution in [0.15, 0.2) is 24.3 Å². The van der Waals surface area contributed by atoms with Crippen LogP contribution in [0.1, 0.15) is 51.5 Å². The predicted octanol–water partition coefficient (Wildman–Crippen LogP) is 3.18. The first kappa shape index (κ1) is 17.8. The van der Waals surface area contributed by atoms with Crippen molar-refractivity contribution in [3.05, 3.63) is 34.9 Å². The van der Waals surface area contributed by atoms with Crippen molar-refractivity contribution in [2.45, 2.75) is 57.4 Å². The summed E-state index contributed by atoms with van der Waals surface area (Å²) in [5.41, 5.74) is 0.447. The van der Waals surface area contributed by atoms with Crippen molar-refractivity contribution >= 4 is 23.4 Å². The van der Waals surface area contributed by atoms with Crippen LogP contribution in [0.4, 0.5) is 0 Å². The number of halogens is 1. The Bertz CT molecular complexity index is 551. The molecule has 0 heterocycles. The molecular weight excluding hydrogens is 312 g/mol. The molecule has 0 saturated heterocycles. The standard InChI is InChI=1S/C18H25ClN2O2/c1-3-12-20-16(22)13(2)21-17(23)18(10-4-5-11-18)14-6-8-15(19)9-7-14/h6-9,13H,3-5,10-12H2,1-2H3,(H,20,22)(H,21,23). The molecule has 1 aromatic carbocycles. The molecule has 0 spiro atoms. The van der Waals surface area contributed by atoms with E-state index in [1.807, 2.05) is 31.2 Å².